The molecule has 106 valence electrons. The molecular weight excluding hydrogens is 280 g/mol. The van der Waals surface area contributed by atoms with E-state index in [1.807, 2.05) is 0 Å². The Morgan fingerprint density at radius 2 is 1.72 bits per heavy atom. The predicted octanol–water partition coefficient (Wildman–Crippen LogP) is 2.40. The normalized spacial score (nSPS) is 19.8. The molecule has 1 aliphatic heterocycles. The van der Waals surface area contributed by atoms with Gasteiger partial charge in [0.1, 0.15) is 6.10 Å². The van der Waals surface area contributed by atoms with Gasteiger partial charge in [-0.25, -0.2) is 0 Å². The maximum Gasteiger partial charge on any atom is 0.314 e. The number of rotatable bonds is 10. The molecule has 1 heterocycles. The van der Waals surface area contributed by atoms with Crippen LogP contribution in [0.25, 0.3) is 0 Å². The van der Waals surface area contributed by atoms with E-state index in [0.29, 0.717) is 6.10 Å². The van der Waals surface area contributed by atoms with E-state index in [4.69, 9.17) is 17.7 Å². The molecule has 2 radical (unpaired) electrons. The first-order valence-electron chi connectivity index (χ1n) is 6.59. The second-order valence-corrected chi connectivity index (χ2v) is 13.3. The zero-order valence-electron chi connectivity index (χ0n) is 12.2. The van der Waals surface area contributed by atoms with Gasteiger partial charge in [0, 0.05) is 6.61 Å². The van der Waals surface area contributed by atoms with Crippen LogP contribution in [0.1, 0.15) is 6.42 Å². The van der Waals surface area contributed by atoms with Crippen LogP contribution in [0.4, 0.5) is 0 Å². The van der Waals surface area contributed by atoms with Crippen LogP contribution in [0.5, 0.6) is 0 Å². The third-order valence-corrected chi connectivity index (χ3v) is 10.4. The lowest BCUT2D eigenvalue weighted by Crippen LogP contribution is -2.45. The average Bonchev–Trinajstić information content (AvgIpc) is 2.97. The highest BCUT2D eigenvalue weighted by Gasteiger charge is 2.33. The predicted molar refractivity (Wildman–Crippen MR) is 78.7 cm³/mol. The summed E-state index contributed by atoms with van der Waals surface area (Å²) in [5.41, 5.74) is 0. The third kappa shape index (κ3) is 7.82. The monoisotopic (exact) mass is 306 g/mol. The van der Waals surface area contributed by atoms with E-state index in [0.717, 1.165) is 32.3 Å². The second kappa shape index (κ2) is 7.93. The van der Waals surface area contributed by atoms with Gasteiger partial charge in [-0.2, -0.15) is 0 Å². The fourth-order valence-electron chi connectivity index (χ4n) is 1.86. The molecular formula is C11H26O4Si3. The summed E-state index contributed by atoms with van der Waals surface area (Å²) in [6.45, 7) is 13.3. The highest BCUT2D eigenvalue weighted by Crippen LogP contribution is 2.19. The maximum absolute atomic E-state index is 6.15. The molecule has 1 fully saturated rings. The van der Waals surface area contributed by atoms with Crippen LogP contribution in [0, 0.1) is 0 Å². The second-order valence-electron chi connectivity index (χ2n) is 5.29. The molecule has 1 atom stereocenters. The van der Waals surface area contributed by atoms with Gasteiger partial charge in [-0.1, -0.05) is 0 Å². The Bertz CT molecular complexity index is 224. The summed E-state index contributed by atoms with van der Waals surface area (Å²) in [7, 11) is -3.34. The van der Waals surface area contributed by atoms with Gasteiger partial charge in [0.2, 0.25) is 0 Å². The average molecular weight is 307 g/mol. The van der Waals surface area contributed by atoms with Crippen molar-refractivity contribution in [1.29, 1.82) is 0 Å². The zero-order chi connectivity index (χ0) is 13.6. The molecule has 0 spiro atoms. The van der Waals surface area contributed by atoms with Crippen molar-refractivity contribution in [3.05, 3.63) is 0 Å². The minimum absolute atomic E-state index is 0.364. The largest absolute Gasteiger partial charge is 0.436 e. The molecule has 1 rings (SSSR count). The molecule has 0 amide bonds. The van der Waals surface area contributed by atoms with E-state index in [2.05, 4.69) is 32.7 Å². The van der Waals surface area contributed by atoms with Crippen molar-refractivity contribution >= 4 is 26.6 Å². The molecule has 0 aliphatic carbocycles. The van der Waals surface area contributed by atoms with Crippen molar-refractivity contribution in [2.75, 3.05) is 19.8 Å². The summed E-state index contributed by atoms with van der Waals surface area (Å²) in [5.74, 6) is 0. The molecule has 18 heavy (non-hydrogen) atoms. The van der Waals surface area contributed by atoms with E-state index in [1.165, 1.54) is 0 Å². The van der Waals surface area contributed by atoms with Gasteiger partial charge in [0.05, 0.1) is 13.2 Å². The van der Waals surface area contributed by atoms with Crippen molar-refractivity contribution in [3.8, 4) is 0 Å². The first kappa shape index (κ1) is 16.5. The van der Waals surface area contributed by atoms with Crippen LogP contribution in [-0.4, -0.2) is 52.6 Å². The summed E-state index contributed by atoms with van der Waals surface area (Å²) in [4.78, 5) is 0. The number of ether oxygens (including phenoxy) is 2. The number of epoxide rings is 1. The Balaban J connectivity index is 2.20. The van der Waals surface area contributed by atoms with Crippen LogP contribution in [0.3, 0.4) is 0 Å². The Labute approximate surface area is 116 Å². The highest BCUT2D eigenvalue weighted by atomic mass is 28.5. The number of hydrogen-bond acceptors (Lipinski definition) is 4. The van der Waals surface area contributed by atoms with Crippen molar-refractivity contribution in [2.45, 2.75) is 51.3 Å². The molecule has 0 aromatic carbocycles. The van der Waals surface area contributed by atoms with E-state index in [1.54, 1.807) is 0 Å². The molecule has 0 aromatic rings. The third-order valence-electron chi connectivity index (χ3n) is 2.47. The lowest BCUT2D eigenvalue weighted by molar-refractivity contribution is 0.116. The summed E-state index contributed by atoms with van der Waals surface area (Å²) < 4.78 is 23.0. The first-order chi connectivity index (χ1) is 8.41. The topological polar surface area (TPSA) is 40.2 Å². The van der Waals surface area contributed by atoms with Gasteiger partial charge in [-0.05, 0) is 45.2 Å². The molecule has 7 heteroatoms. The Kier molecular flexibility index (Phi) is 7.29. The van der Waals surface area contributed by atoms with Crippen LogP contribution in [-0.2, 0) is 17.7 Å². The lowest BCUT2D eigenvalue weighted by Gasteiger charge is -2.31. The van der Waals surface area contributed by atoms with E-state index >= 15 is 0 Å². The molecule has 4 nitrogen and oxygen atoms in total. The highest BCUT2D eigenvalue weighted by molar-refractivity contribution is 6.79. The molecule has 0 aromatic heterocycles. The van der Waals surface area contributed by atoms with Gasteiger partial charge < -0.3 is 17.7 Å². The minimum atomic E-state index is -1.96. The SMILES string of the molecule is C[Si](C)O[Si](C)(CCCOCC1CO1)O[Si](C)C. The van der Waals surface area contributed by atoms with Crippen LogP contribution in [0.2, 0.25) is 38.8 Å². The van der Waals surface area contributed by atoms with E-state index < -0.39 is 26.6 Å². The van der Waals surface area contributed by atoms with Gasteiger partial charge in [0.15, 0.2) is 18.1 Å². The molecule has 1 saturated heterocycles. The van der Waals surface area contributed by atoms with Gasteiger partial charge in [0.25, 0.3) is 0 Å². The summed E-state index contributed by atoms with van der Waals surface area (Å²) >= 11 is 0. The van der Waals surface area contributed by atoms with Crippen LogP contribution in [0.15, 0.2) is 0 Å². The number of hydrogen-bond donors (Lipinski definition) is 0. The lowest BCUT2D eigenvalue weighted by atomic mass is 10.5. The van der Waals surface area contributed by atoms with Crippen molar-refractivity contribution in [1.82, 2.24) is 0 Å². The molecule has 0 saturated carbocycles. The zero-order valence-corrected chi connectivity index (χ0v) is 15.2. The van der Waals surface area contributed by atoms with Gasteiger partial charge in [-0.15, -0.1) is 0 Å². The van der Waals surface area contributed by atoms with Crippen LogP contribution < -0.4 is 0 Å². The molecule has 0 N–H and O–H groups in total. The van der Waals surface area contributed by atoms with E-state index in [-0.39, 0.29) is 0 Å². The van der Waals surface area contributed by atoms with Crippen molar-refractivity contribution in [2.24, 2.45) is 0 Å². The molecule has 0 bridgehead atoms. The Hall–Kier alpha value is 0.491. The van der Waals surface area contributed by atoms with Gasteiger partial charge in [-0.3, -0.25) is 0 Å². The summed E-state index contributed by atoms with van der Waals surface area (Å²) in [5, 5.41) is 0. The molecule has 1 aliphatic rings. The fourth-order valence-corrected chi connectivity index (χ4v) is 10.9. The standard InChI is InChI=1S/C11H26O4Si3/c1-16(2)14-18(5,15-17(3)4)8-6-7-12-9-11-10-13-11/h11H,6-10H2,1-5H3. The summed E-state index contributed by atoms with van der Waals surface area (Å²) in [6, 6.07) is 1.03. The summed E-state index contributed by atoms with van der Waals surface area (Å²) in [6.07, 6.45) is 1.39. The van der Waals surface area contributed by atoms with E-state index in [9.17, 15) is 0 Å². The van der Waals surface area contributed by atoms with Crippen molar-refractivity contribution in [3.63, 3.8) is 0 Å². The molecule has 1 unspecified atom stereocenters. The fraction of sp³-hybridized carbons (Fsp3) is 1.00. The Morgan fingerprint density at radius 1 is 1.17 bits per heavy atom. The maximum atomic E-state index is 6.15. The minimum Gasteiger partial charge on any atom is -0.436 e. The quantitative estimate of drug-likeness (QED) is 0.353. The van der Waals surface area contributed by atoms with Crippen molar-refractivity contribution < 1.29 is 17.7 Å². The van der Waals surface area contributed by atoms with Crippen LogP contribution >= 0.6 is 0 Å². The first-order valence-corrected chi connectivity index (χ1v) is 13.9. The Morgan fingerprint density at radius 3 is 2.17 bits per heavy atom. The van der Waals surface area contributed by atoms with Gasteiger partial charge >= 0.3 is 8.56 Å². The smallest absolute Gasteiger partial charge is 0.314 e.